The molecule has 1 aliphatic heterocycles. The minimum absolute atomic E-state index is 0.472. The lowest BCUT2D eigenvalue weighted by Gasteiger charge is -2.23. The Balaban J connectivity index is 2.13. The highest BCUT2D eigenvalue weighted by atomic mass is 79.9. The predicted octanol–water partition coefficient (Wildman–Crippen LogP) is 4.36. The Hall–Kier alpha value is -0.800. The summed E-state index contributed by atoms with van der Waals surface area (Å²) < 4.78 is 1.24. The Kier molecular flexibility index (Phi) is 3.20. The van der Waals surface area contributed by atoms with Crippen LogP contribution in [0.5, 0.6) is 0 Å². The van der Waals surface area contributed by atoms with Gasteiger partial charge in [-0.05, 0) is 60.8 Å². The number of piperidine rings is 1. The summed E-state index contributed by atoms with van der Waals surface area (Å²) >= 11 is 3.78. The molecule has 1 saturated heterocycles. The first-order valence-corrected chi connectivity index (χ1v) is 7.48. The van der Waals surface area contributed by atoms with Gasteiger partial charge in [0.05, 0.1) is 0 Å². The fraction of sp³-hybridized carbons (Fsp3) is 0.467. The molecule has 0 saturated carbocycles. The first-order valence-electron chi connectivity index (χ1n) is 6.68. The molecule has 1 aromatic heterocycles. The predicted molar refractivity (Wildman–Crippen MR) is 80.1 cm³/mol. The van der Waals surface area contributed by atoms with Crippen LogP contribution in [0.1, 0.15) is 42.1 Å². The lowest BCUT2D eigenvalue weighted by molar-refractivity contribution is 0.406. The molecule has 3 rings (SSSR count). The summed E-state index contributed by atoms with van der Waals surface area (Å²) in [5, 5.41) is 4.92. The van der Waals surface area contributed by atoms with Crippen molar-refractivity contribution in [2.75, 3.05) is 6.54 Å². The zero-order valence-electron chi connectivity index (χ0n) is 10.9. The second kappa shape index (κ2) is 4.71. The number of fused-ring (bicyclic) bond motifs is 1. The molecule has 1 unspecified atom stereocenters. The molecule has 0 aliphatic carbocycles. The molecule has 2 nitrogen and oxygen atoms in total. The first kappa shape index (κ1) is 12.2. The third kappa shape index (κ3) is 1.99. The standard InChI is InChI=1S/C15H19BrN2/c1-9-7-10(2)14-11(8-9)13(16)15(18-14)12-5-3-4-6-17-12/h7-8,12,17-18H,3-6H2,1-2H3. The van der Waals surface area contributed by atoms with Gasteiger partial charge in [-0.3, -0.25) is 0 Å². The van der Waals surface area contributed by atoms with Gasteiger partial charge in [0.2, 0.25) is 0 Å². The molecule has 3 heteroatoms. The Morgan fingerprint density at radius 3 is 2.78 bits per heavy atom. The van der Waals surface area contributed by atoms with Gasteiger partial charge in [-0.1, -0.05) is 18.1 Å². The fourth-order valence-corrected chi connectivity index (χ4v) is 3.67. The van der Waals surface area contributed by atoms with Crippen LogP contribution in [-0.4, -0.2) is 11.5 Å². The van der Waals surface area contributed by atoms with Crippen LogP contribution < -0.4 is 5.32 Å². The molecule has 0 radical (unpaired) electrons. The smallest absolute Gasteiger partial charge is 0.0498 e. The van der Waals surface area contributed by atoms with E-state index in [-0.39, 0.29) is 0 Å². The molecule has 2 heterocycles. The topological polar surface area (TPSA) is 27.8 Å². The number of hydrogen-bond acceptors (Lipinski definition) is 1. The first-order chi connectivity index (χ1) is 8.66. The highest BCUT2D eigenvalue weighted by molar-refractivity contribution is 9.10. The molecular weight excluding hydrogens is 288 g/mol. The van der Waals surface area contributed by atoms with Crippen molar-refractivity contribution in [2.45, 2.75) is 39.2 Å². The van der Waals surface area contributed by atoms with Crippen LogP contribution in [0, 0.1) is 13.8 Å². The molecule has 1 fully saturated rings. The van der Waals surface area contributed by atoms with E-state index in [0.717, 1.165) is 6.54 Å². The van der Waals surface area contributed by atoms with Crippen molar-refractivity contribution in [3.8, 4) is 0 Å². The summed E-state index contributed by atoms with van der Waals surface area (Å²) in [6, 6.07) is 4.97. The number of hydrogen-bond donors (Lipinski definition) is 2. The van der Waals surface area contributed by atoms with Gasteiger partial charge in [-0.25, -0.2) is 0 Å². The summed E-state index contributed by atoms with van der Waals surface area (Å²) in [5.41, 5.74) is 5.24. The highest BCUT2D eigenvalue weighted by Crippen LogP contribution is 2.36. The van der Waals surface area contributed by atoms with Crippen molar-refractivity contribution in [2.24, 2.45) is 0 Å². The van der Waals surface area contributed by atoms with Crippen molar-refractivity contribution in [3.63, 3.8) is 0 Å². The lowest BCUT2D eigenvalue weighted by atomic mass is 10.0. The van der Waals surface area contributed by atoms with Crippen LogP contribution in [0.2, 0.25) is 0 Å². The third-order valence-electron chi connectivity index (χ3n) is 3.87. The monoisotopic (exact) mass is 306 g/mol. The second-order valence-corrected chi connectivity index (χ2v) is 6.15. The van der Waals surface area contributed by atoms with E-state index in [0.29, 0.717) is 6.04 Å². The number of H-pyrrole nitrogens is 1. The minimum atomic E-state index is 0.472. The van der Waals surface area contributed by atoms with Crippen LogP contribution >= 0.6 is 15.9 Å². The molecule has 2 N–H and O–H groups in total. The molecule has 0 spiro atoms. The Morgan fingerprint density at radius 1 is 1.22 bits per heavy atom. The van der Waals surface area contributed by atoms with Gasteiger partial charge >= 0.3 is 0 Å². The Bertz CT molecular complexity index is 580. The number of rotatable bonds is 1. The molecule has 0 bridgehead atoms. The van der Waals surface area contributed by atoms with E-state index >= 15 is 0 Å². The van der Waals surface area contributed by atoms with E-state index < -0.39 is 0 Å². The SMILES string of the molecule is Cc1cc(C)c2[nH]c(C3CCCCN3)c(Br)c2c1. The average molecular weight is 307 g/mol. The Labute approximate surface area is 116 Å². The van der Waals surface area contributed by atoms with E-state index in [1.165, 1.54) is 51.5 Å². The van der Waals surface area contributed by atoms with Crippen molar-refractivity contribution >= 4 is 26.8 Å². The van der Waals surface area contributed by atoms with Crippen molar-refractivity contribution < 1.29 is 0 Å². The molecular formula is C15H19BrN2. The van der Waals surface area contributed by atoms with Crippen LogP contribution in [0.4, 0.5) is 0 Å². The van der Waals surface area contributed by atoms with E-state index in [1.807, 2.05) is 0 Å². The maximum absolute atomic E-state index is 3.78. The van der Waals surface area contributed by atoms with Crippen molar-refractivity contribution in [3.05, 3.63) is 33.4 Å². The number of aromatic amines is 1. The minimum Gasteiger partial charge on any atom is -0.356 e. The molecule has 2 aromatic rings. The molecule has 0 amide bonds. The Morgan fingerprint density at radius 2 is 2.06 bits per heavy atom. The van der Waals surface area contributed by atoms with Gasteiger partial charge < -0.3 is 10.3 Å². The number of aromatic nitrogens is 1. The molecule has 18 heavy (non-hydrogen) atoms. The largest absolute Gasteiger partial charge is 0.356 e. The lowest BCUT2D eigenvalue weighted by Crippen LogP contribution is -2.27. The van der Waals surface area contributed by atoms with Gasteiger partial charge in [0, 0.05) is 27.1 Å². The van der Waals surface area contributed by atoms with E-state index in [1.54, 1.807) is 0 Å². The normalized spacial score (nSPS) is 20.5. The third-order valence-corrected chi connectivity index (χ3v) is 4.73. The van der Waals surface area contributed by atoms with Crippen LogP contribution in [-0.2, 0) is 0 Å². The summed E-state index contributed by atoms with van der Waals surface area (Å²) in [6.45, 7) is 5.46. The summed E-state index contributed by atoms with van der Waals surface area (Å²) in [6.07, 6.45) is 3.84. The number of halogens is 1. The van der Waals surface area contributed by atoms with E-state index in [2.05, 4.69) is 52.2 Å². The quantitative estimate of drug-likeness (QED) is 0.805. The zero-order chi connectivity index (χ0) is 12.7. The molecule has 1 atom stereocenters. The molecule has 96 valence electrons. The summed E-state index contributed by atoms with van der Waals surface area (Å²) in [4.78, 5) is 3.62. The van der Waals surface area contributed by atoms with Gasteiger partial charge in [-0.2, -0.15) is 0 Å². The van der Waals surface area contributed by atoms with Gasteiger partial charge in [0.25, 0.3) is 0 Å². The van der Waals surface area contributed by atoms with Crippen molar-refractivity contribution in [1.29, 1.82) is 0 Å². The van der Waals surface area contributed by atoms with E-state index in [4.69, 9.17) is 0 Å². The molecule has 1 aromatic carbocycles. The van der Waals surface area contributed by atoms with Gasteiger partial charge in [0.15, 0.2) is 0 Å². The number of benzene rings is 1. The maximum Gasteiger partial charge on any atom is 0.0498 e. The zero-order valence-corrected chi connectivity index (χ0v) is 12.5. The second-order valence-electron chi connectivity index (χ2n) is 5.36. The highest BCUT2D eigenvalue weighted by Gasteiger charge is 2.21. The van der Waals surface area contributed by atoms with Crippen LogP contribution in [0.15, 0.2) is 16.6 Å². The number of aryl methyl sites for hydroxylation is 2. The molecule has 1 aliphatic rings. The summed E-state index contributed by atoms with van der Waals surface area (Å²) in [5.74, 6) is 0. The fourth-order valence-electron chi connectivity index (χ4n) is 2.98. The maximum atomic E-state index is 3.78. The van der Waals surface area contributed by atoms with Gasteiger partial charge in [0.1, 0.15) is 0 Å². The van der Waals surface area contributed by atoms with E-state index in [9.17, 15) is 0 Å². The van der Waals surface area contributed by atoms with Crippen molar-refractivity contribution in [1.82, 2.24) is 10.3 Å². The number of nitrogens with one attached hydrogen (secondary N) is 2. The van der Waals surface area contributed by atoms with Gasteiger partial charge in [-0.15, -0.1) is 0 Å². The van der Waals surface area contributed by atoms with Crippen LogP contribution in [0.25, 0.3) is 10.9 Å². The average Bonchev–Trinajstić information content (AvgIpc) is 2.69. The summed E-state index contributed by atoms with van der Waals surface area (Å²) in [7, 11) is 0. The van der Waals surface area contributed by atoms with Crippen LogP contribution in [0.3, 0.4) is 0 Å².